The van der Waals surface area contributed by atoms with Crippen LogP contribution in [0.25, 0.3) is 0 Å². The summed E-state index contributed by atoms with van der Waals surface area (Å²) in [6.45, 7) is 4.15. The van der Waals surface area contributed by atoms with E-state index in [0.29, 0.717) is 5.92 Å². The van der Waals surface area contributed by atoms with Crippen LogP contribution in [0.3, 0.4) is 0 Å². The Bertz CT molecular complexity index is 221. The fourth-order valence-electron chi connectivity index (χ4n) is 0.838. The summed E-state index contributed by atoms with van der Waals surface area (Å²) in [6.07, 6.45) is 1.47. The summed E-state index contributed by atoms with van der Waals surface area (Å²) in [7, 11) is 1.84. The first-order valence-corrected chi connectivity index (χ1v) is 3.25. The molecule has 10 heavy (non-hydrogen) atoms. The van der Waals surface area contributed by atoms with Gasteiger partial charge >= 0.3 is 0 Å². The molecule has 1 rings (SSSR count). The highest BCUT2D eigenvalue weighted by atomic mass is 15.4. The summed E-state index contributed by atoms with van der Waals surface area (Å²) < 4.78 is 1.69. The Hall–Kier alpha value is -1.06. The molecular formula is C6H11N4+. The first kappa shape index (κ1) is 7.05. The maximum atomic E-state index is 4.07. The minimum atomic E-state index is 0.403. The molecule has 0 spiro atoms. The first-order valence-electron chi connectivity index (χ1n) is 3.25. The molecule has 0 N–H and O–H groups in total. The Kier molecular flexibility index (Phi) is 1.89. The quantitative estimate of drug-likeness (QED) is 0.507. The topological polar surface area (TPSA) is 42.6 Å². The van der Waals surface area contributed by atoms with Crippen LogP contribution in [0.5, 0.6) is 0 Å². The lowest BCUT2D eigenvalue weighted by molar-refractivity contribution is -0.747. The van der Waals surface area contributed by atoms with Gasteiger partial charge in [-0.25, -0.2) is 0 Å². The van der Waals surface area contributed by atoms with Crippen molar-refractivity contribution in [1.29, 1.82) is 0 Å². The normalized spacial score (nSPS) is 10.4. The van der Waals surface area contributed by atoms with Gasteiger partial charge in [0, 0.05) is 11.0 Å². The predicted molar refractivity (Wildman–Crippen MR) is 35.1 cm³/mol. The Morgan fingerprint density at radius 2 is 2.20 bits per heavy atom. The molecule has 1 aromatic heterocycles. The van der Waals surface area contributed by atoms with Crippen molar-refractivity contribution in [1.82, 2.24) is 15.3 Å². The first-order chi connectivity index (χ1) is 4.72. The maximum Gasteiger partial charge on any atom is 0.290 e. The summed E-state index contributed by atoms with van der Waals surface area (Å²) in [4.78, 5) is 4.07. The van der Waals surface area contributed by atoms with Gasteiger partial charge in [0.2, 0.25) is 0 Å². The molecule has 0 radical (unpaired) electrons. The van der Waals surface area contributed by atoms with Crippen molar-refractivity contribution in [2.45, 2.75) is 19.8 Å². The van der Waals surface area contributed by atoms with Crippen molar-refractivity contribution < 1.29 is 4.68 Å². The third-order valence-electron chi connectivity index (χ3n) is 1.28. The summed E-state index contributed by atoms with van der Waals surface area (Å²) in [5, 5.41) is 7.43. The van der Waals surface area contributed by atoms with Crippen LogP contribution in [0.4, 0.5) is 0 Å². The van der Waals surface area contributed by atoms with Gasteiger partial charge in [-0.1, -0.05) is 18.8 Å². The molecule has 0 aliphatic rings. The van der Waals surface area contributed by atoms with Crippen molar-refractivity contribution in [3.63, 3.8) is 0 Å². The van der Waals surface area contributed by atoms with Crippen molar-refractivity contribution in [3.8, 4) is 0 Å². The van der Waals surface area contributed by atoms with Gasteiger partial charge in [0.15, 0.2) is 0 Å². The van der Waals surface area contributed by atoms with Crippen LogP contribution >= 0.6 is 0 Å². The van der Waals surface area contributed by atoms with Crippen LogP contribution in [0.2, 0.25) is 0 Å². The van der Waals surface area contributed by atoms with Crippen LogP contribution in [-0.2, 0) is 7.05 Å². The summed E-state index contributed by atoms with van der Waals surface area (Å²) >= 11 is 0. The molecule has 54 valence electrons. The molecule has 4 heteroatoms. The molecule has 0 atom stereocenters. The fourth-order valence-corrected chi connectivity index (χ4v) is 0.838. The zero-order chi connectivity index (χ0) is 7.56. The highest BCUT2D eigenvalue weighted by Crippen LogP contribution is 2.01. The number of hydrogen-bond donors (Lipinski definition) is 0. The van der Waals surface area contributed by atoms with E-state index in [9.17, 15) is 0 Å². The van der Waals surface area contributed by atoms with Crippen molar-refractivity contribution in [3.05, 3.63) is 12.2 Å². The molecule has 0 bridgehead atoms. The highest BCUT2D eigenvalue weighted by molar-refractivity contribution is 4.78. The number of nitrogens with zero attached hydrogens (tertiary/aromatic N) is 4. The zero-order valence-corrected chi connectivity index (χ0v) is 6.44. The van der Waals surface area contributed by atoms with Gasteiger partial charge in [0.25, 0.3) is 12.2 Å². The van der Waals surface area contributed by atoms with Crippen LogP contribution in [-0.4, -0.2) is 15.3 Å². The van der Waals surface area contributed by atoms with Crippen molar-refractivity contribution >= 4 is 0 Å². The van der Waals surface area contributed by atoms with Crippen molar-refractivity contribution in [2.24, 2.45) is 7.05 Å². The van der Waals surface area contributed by atoms with Gasteiger partial charge in [-0.05, 0) is 0 Å². The second kappa shape index (κ2) is 2.68. The van der Waals surface area contributed by atoms with Crippen LogP contribution in [0, 0.1) is 0 Å². The average molecular weight is 139 g/mol. The Labute approximate surface area is 59.9 Å². The van der Waals surface area contributed by atoms with Gasteiger partial charge in [-0.3, -0.25) is 0 Å². The summed E-state index contributed by atoms with van der Waals surface area (Å²) in [5.74, 6) is 1.36. The van der Waals surface area contributed by atoms with E-state index < -0.39 is 0 Å². The second-order valence-electron chi connectivity index (χ2n) is 2.49. The van der Waals surface area contributed by atoms with Crippen LogP contribution in [0.1, 0.15) is 25.6 Å². The Morgan fingerprint density at radius 1 is 1.50 bits per heavy atom. The zero-order valence-electron chi connectivity index (χ0n) is 6.44. The molecule has 0 amide bonds. The lowest BCUT2D eigenvalue weighted by Crippen LogP contribution is -2.40. The molecule has 0 aromatic carbocycles. The van der Waals surface area contributed by atoms with E-state index in [2.05, 4.69) is 29.1 Å². The van der Waals surface area contributed by atoms with E-state index in [1.165, 1.54) is 6.33 Å². The molecule has 0 fully saturated rings. The van der Waals surface area contributed by atoms with Gasteiger partial charge in [0.1, 0.15) is 0 Å². The van der Waals surface area contributed by atoms with E-state index in [1.807, 2.05) is 7.05 Å². The van der Waals surface area contributed by atoms with Gasteiger partial charge in [0.05, 0.1) is 12.3 Å². The molecule has 0 aliphatic carbocycles. The fraction of sp³-hybridized carbons (Fsp3) is 0.667. The van der Waals surface area contributed by atoms with Crippen molar-refractivity contribution in [2.75, 3.05) is 0 Å². The number of aromatic nitrogens is 4. The van der Waals surface area contributed by atoms with E-state index >= 15 is 0 Å². The van der Waals surface area contributed by atoms with E-state index in [0.717, 1.165) is 5.82 Å². The minimum absolute atomic E-state index is 0.403. The number of aryl methyl sites for hydroxylation is 1. The molecule has 0 saturated heterocycles. The maximum absolute atomic E-state index is 4.07. The molecule has 1 heterocycles. The van der Waals surface area contributed by atoms with E-state index in [4.69, 9.17) is 0 Å². The lowest BCUT2D eigenvalue weighted by atomic mass is 10.2. The summed E-state index contributed by atoms with van der Waals surface area (Å²) in [5.41, 5.74) is 0. The predicted octanol–water partition coefficient (Wildman–Crippen LogP) is -0.181. The van der Waals surface area contributed by atoms with E-state index in [1.54, 1.807) is 4.68 Å². The Balaban J connectivity index is 3.03. The average Bonchev–Trinajstić information content (AvgIpc) is 1.88. The third-order valence-corrected chi connectivity index (χ3v) is 1.28. The van der Waals surface area contributed by atoms with Crippen LogP contribution < -0.4 is 4.68 Å². The Morgan fingerprint density at radius 3 is 2.60 bits per heavy atom. The second-order valence-corrected chi connectivity index (χ2v) is 2.49. The van der Waals surface area contributed by atoms with Gasteiger partial charge in [-0.2, -0.15) is 0 Å². The molecule has 1 aromatic rings. The largest absolute Gasteiger partial charge is 0.290 e. The molecule has 0 saturated carbocycles. The smallest absolute Gasteiger partial charge is 0.142 e. The van der Waals surface area contributed by atoms with Crippen LogP contribution in [0.15, 0.2) is 6.33 Å². The molecule has 0 unspecified atom stereocenters. The number of hydrogen-bond acceptors (Lipinski definition) is 3. The van der Waals surface area contributed by atoms with Gasteiger partial charge < -0.3 is 0 Å². The lowest BCUT2D eigenvalue weighted by Gasteiger charge is -1.97. The minimum Gasteiger partial charge on any atom is -0.142 e. The SMILES string of the molecule is CC(C)c1ncnn[n+]1C. The molecule has 4 nitrogen and oxygen atoms in total. The van der Waals surface area contributed by atoms with E-state index in [-0.39, 0.29) is 0 Å². The van der Waals surface area contributed by atoms with Gasteiger partial charge in [-0.15, -0.1) is 4.68 Å². The third kappa shape index (κ3) is 1.26. The molecular weight excluding hydrogens is 128 g/mol. The monoisotopic (exact) mass is 139 g/mol. The number of rotatable bonds is 1. The summed E-state index contributed by atoms with van der Waals surface area (Å²) in [6, 6.07) is 0. The standard InChI is InChI=1S/C6H11N4/c1-5(2)6-7-4-8-9-10(6)3/h4-5H,1-3H3/q+1. The molecule has 0 aliphatic heterocycles. The highest BCUT2D eigenvalue weighted by Gasteiger charge is 2.10.